The van der Waals surface area contributed by atoms with Gasteiger partial charge in [0, 0.05) is 12.8 Å². The number of benzene rings is 1. The first-order valence-electron chi connectivity index (χ1n) is 6.86. The molecular formula is C17H26O. The molecule has 0 fully saturated rings. The van der Waals surface area contributed by atoms with E-state index in [0.29, 0.717) is 24.0 Å². The molecule has 1 aromatic rings. The third-order valence-electron chi connectivity index (χ3n) is 3.36. The Balaban J connectivity index is 2.42. The predicted molar refractivity (Wildman–Crippen MR) is 77.9 cm³/mol. The van der Waals surface area contributed by atoms with E-state index in [1.807, 2.05) is 0 Å². The van der Waals surface area contributed by atoms with Crippen LogP contribution < -0.4 is 0 Å². The zero-order chi connectivity index (χ0) is 13.8. The average molecular weight is 246 g/mol. The number of hydrogen-bond acceptors (Lipinski definition) is 1. The van der Waals surface area contributed by atoms with Crippen molar-refractivity contribution in [3.63, 3.8) is 0 Å². The van der Waals surface area contributed by atoms with E-state index in [4.69, 9.17) is 0 Å². The van der Waals surface area contributed by atoms with E-state index in [2.05, 4.69) is 52.8 Å². The second-order valence-corrected chi connectivity index (χ2v) is 6.55. The van der Waals surface area contributed by atoms with Crippen LogP contribution in [0.4, 0.5) is 0 Å². The number of Topliss-reactive ketones (excluding diaryl/α,β-unsaturated/α-hetero) is 1. The van der Waals surface area contributed by atoms with Crippen molar-refractivity contribution < 1.29 is 4.79 Å². The minimum absolute atomic E-state index is 0.334. The van der Waals surface area contributed by atoms with Crippen molar-refractivity contribution in [2.24, 2.45) is 5.41 Å². The van der Waals surface area contributed by atoms with E-state index in [9.17, 15) is 4.79 Å². The maximum atomic E-state index is 11.9. The molecule has 0 saturated carbocycles. The lowest BCUT2D eigenvalue weighted by Crippen LogP contribution is -2.08. The fraction of sp³-hybridized carbons (Fsp3) is 0.588. The molecule has 1 rings (SSSR count). The fourth-order valence-electron chi connectivity index (χ4n) is 2.05. The van der Waals surface area contributed by atoms with Crippen molar-refractivity contribution in [3.05, 3.63) is 34.9 Å². The van der Waals surface area contributed by atoms with E-state index in [1.54, 1.807) is 0 Å². The van der Waals surface area contributed by atoms with E-state index < -0.39 is 0 Å². The largest absolute Gasteiger partial charge is 0.299 e. The molecule has 0 spiro atoms. The number of carbonyl (C=O) groups is 1. The molecule has 100 valence electrons. The number of aryl methyl sites for hydroxylation is 2. The van der Waals surface area contributed by atoms with Crippen LogP contribution in [0.3, 0.4) is 0 Å². The van der Waals surface area contributed by atoms with Gasteiger partial charge in [0.15, 0.2) is 0 Å². The lowest BCUT2D eigenvalue weighted by Gasteiger charge is -2.17. The third-order valence-corrected chi connectivity index (χ3v) is 3.36. The number of ketones is 1. The molecule has 0 radical (unpaired) electrons. The van der Waals surface area contributed by atoms with Crippen LogP contribution in [0.2, 0.25) is 0 Å². The van der Waals surface area contributed by atoms with Crippen LogP contribution >= 0.6 is 0 Å². The summed E-state index contributed by atoms with van der Waals surface area (Å²) in [6.07, 6.45) is 3.42. The topological polar surface area (TPSA) is 17.1 Å². The second kappa shape index (κ2) is 6.17. The monoisotopic (exact) mass is 246 g/mol. The third kappa shape index (κ3) is 5.48. The summed E-state index contributed by atoms with van der Waals surface area (Å²) >= 11 is 0. The minimum Gasteiger partial charge on any atom is -0.299 e. The summed E-state index contributed by atoms with van der Waals surface area (Å²) in [6.45, 7) is 10.9. The number of carbonyl (C=O) groups excluding carboxylic acids is 1. The van der Waals surface area contributed by atoms with Gasteiger partial charge in [-0.3, -0.25) is 4.79 Å². The van der Waals surface area contributed by atoms with Gasteiger partial charge in [-0.1, -0.05) is 39.0 Å². The molecule has 0 heterocycles. The summed E-state index contributed by atoms with van der Waals surface area (Å²) in [5.41, 5.74) is 4.05. The Hall–Kier alpha value is -1.11. The molecule has 0 unspecified atom stereocenters. The summed E-state index contributed by atoms with van der Waals surface area (Å²) in [7, 11) is 0. The summed E-state index contributed by atoms with van der Waals surface area (Å²) in [6, 6.07) is 6.31. The van der Waals surface area contributed by atoms with Gasteiger partial charge in [-0.05, 0) is 48.8 Å². The van der Waals surface area contributed by atoms with Crippen molar-refractivity contribution >= 4 is 5.78 Å². The second-order valence-electron chi connectivity index (χ2n) is 6.55. The van der Waals surface area contributed by atoms with Crippen LogP contribution in [-0.4, -0.2) is 5.78 Å². The lowest BCUT2D eigenvalue weighted by molar-refractivity contribution is -0.118. The van der Waals surface area contributed by atoms with Crippen molar-refractivity contribution in [2.45, 2.75) is 60.3 Å². The van der Waals surface area contributed by atoms with Crippen LogP contribution in [0.15, 0.2) is 18.2 Å². The van der Waals surface area contributed by atoms with Gasteiger partial charge in [0.25, 0.3) is 0 Å². The van der Waals surface area contributed by atoms with E-state index in [0.717, 1.165) is 18.4 Å². The van der Waals surface area contributed by atoms with Gasteiger partial charge < -0.3 is 0 Å². The molecule has 0 aliphatic heterocycles. The van der Waals surface area contributed by atoms with E-state index >= 15 is 0 Å². The van der Waals surface area contributed by atoms with E-state index in [-0.39, 0.29) is 0 Å². The molecule has 0 bridgehead atoms. The highest BCUT2D eigenvalue weighted by molar-refractivity contribution is 5.80. The minimum atomic E-state index is 0.334. The maximum Gasteiger partial charge on any atom is 0.137 e. The van der Waals surface area contributed by atoms with Crippen LogP contribution in [0.5, 0.6) is 0 Å². The van der Waals surface area contributed by atoms with Crippen molar-refractivity contribution in [3.8, 4) is 0 Å². The molecule has 0 aliphatic rings. The molecule has 0 amide bonds. The molecule has 0 saturated heterocycles. The number of hydrogen-bond donors (Lipinski definition) is 0. The van der Waals surface area contributed by atoms with Crippen LogP contribution in [0, 0.1) is 19.3 Å². The Morgan fingerprint density at radius 2 is 1.78 bits per heavy atom. The van der Waals surface area contributed by atoms with Gasteiger partial charge in [-0.2, -0.15) is 0 Å². The maximum absolute atomic E-state index is 11.9. The highest BCUT2D eigenvalue weighted by Crippen LogP contribution is 2.22. The molecule has 0 atom stereocenters. The van der Waals surface area contributed by atoms with Crippen molar-refractivity contribution in [1.29, 1.82) is 0 Å². The molecule has 1 nitrogen and oxygen atoms in total. The Morgan fingerprint density at radius 1 is 1.11 bits per heavy atom. The smallest absolute Gasteiger partial charge is 0.137 e. The Morgan fingerprint density at radius 3 is 2.33 bits per heavy atom. The first kappa shape index (κ1) is 14.9. The van der Waals surface area contributed by atoms with E-state index in [1.165, 1.54) is 11.1 Å². The SMILES string of the molecule is Cc1ccc(CC(=O)CCCC(C)(C)C)cc1C. The normalized spacial score (nSPS) is 11.6. The lowest BCUT2D eigenvalue weighted by atomic mass is 9.89. The Bertz CT molecular complexity index is 410. The summed E-state index contributed by atoms with van der Waals surface area (Å²) < 4.78 is 0. The summed E-state index contributed by atoms with van der Waals surface area (Å²) in [5, 5.41) is 0. The number of rotatable bonds is 5. The Labute approximate surface area is 112 Å². The van der Waals surface area contributed by atoms with Crippen LogP contribution in [0.25, 0.3) is 0 Å². The van der Waals surface area contributed by atoms with Gasteiger partial charge in [0.1, 0.15) is 5.78 Å². The van der Waals surface area contributed by atoms with Gasteiger partial charge in [0.05, 0.1) is 0 Å². The zero-order valence-electron chi connectivity index (χ0n) is 12.5. The van der Waals surface area contributed by atoms with Crippen molar-refractivity contribution in [1.82, 2.24) is 0 Å². The standard InChI is InChI=1S/C17H26O/c1-13-8-9-15(11-14(13)2)12-16(18)7-6-10-17(3,4)5/h8-9,11H,6-7,10,12H2,1-5H3. The summed E-state index contributed by atoms with van der Waals surface area (Å²) in [5.74, 6) is 0.363. The summed E-state index contributed by atoms with van der Waals surface area (Å²) in [4.78, 5) is 11.9. The Kier molecular flexibility index (Phi) is 5.13. The molecule has 18 heavy (non-hydrogen) atoms. The van der Waals surface area contributed by atoms with Crippen LogP contribution in [-0.2, 0) is 11.2 Å². The predicted octanol–water partition coefficient (Wildman–Crippen LogP) is 4.63. The molecule has 0 aromatic heterocycles. The van der Waals surface area contributed by atoms with Gasteiger partial charge in [-0.15, -0.1) is 0 Å². The van der Waals surface area contributed by atoms with Gasteiger partial charge in [0.2, 0.25) is 0 Å². The first-order valence-corrected chi connectivity index (χ1v) is 6.86. The van der Waals surface area contributed by atoms with Crippen molar-refractivity contribution in [2.75, 3.05) is 0 Å². The quantitative estimate of drug-likeness (QED) is 0.740. The fourth-order valence-corrected chi connectivity index (χ4v) is 2.05. The molecule has 1 heteroatoms. The van der Waals surface area contributed by atoms with Gasteiger partial charge in [-0.25, -0.2) is 0 Å². The molecule has 1 aromatic carbocycles. The average Bonchev–Trinajstić information content (AvgIpc) is 2.21. The highest BCUT2D eigenvalue weighted by Gasteiger charge is 2.11. The van der Waals surface area contributed by atoms with Gasteiger partial charge >= 0.3 is 0 Å². The first-order chi connectivity index (χ1) is 8.28. The highest BCUT2D eigenvalue weighted by atomic mass is 16.1. The zero-order valence-corrected chi connectivity index (χ0v) is 12.5. The van der Waals surface area contributed by atoms with Crippen LogP contribution in [0.1, 0.15) is 56.7 Å². The molecular weight excluding hydrogens is 220 g/mol. The molecule has 0 aliphatic carbocycles. The molecule has 0 N–H and O–H groups in total.